The Hall–Kier alpha value is -1.88. The van der Waals surface area contributed by atoms with Crippen LogP contribution in [0, 0.1) is 0 Å². The Kier molecular flexibility index (Phi) is 4.39. The molecule has 2 rings (SSSR count). The first-order valence-electron chi connectivity index (χ1n) is 6.08. The zero-order valence-electron chi connectivity index (χ0n) is 11.2. The van der Waals surface area contributed by atoms with Crippen LogP contribution >= 0.6 is 15.9 Å². The second-order valence-corrected chi connectivity index (χ2v) is 5.43. The van der Waals surface area contributed by atoms with Gasteiger partial charge in [-0.1, -0.05) is 28.1 Å². The second kappa shape index (κ2) is 6.05. The van der Waals surface area contributed by atoms with E-state index < -0.39 is 0 Å². The first-order valence-corrected chi connectivity index (χ1v) is 6.87. The van der Waals surface area contributed by atoms with E-state index in [1.807, 2.05) is 24.3 Å². The minimum absolute atomic E-state index is 0.174. The molecule has 0 aliphatic heterocycles. The first-order chi connectivity index (χ1) is 9.47. The number of rotatable bonds is 4. The fourth-order valence-corrected chi connectivity index (χ4v) is 2.26. The Morgan fingerprint density at radius 1 is 1.20 bits per heavy atom. The van der Waals surface area contributed by atoms with Gasteiger partial charge in [-0.25, -0.2) is 0 Å². The summed E-state index contributed by atoms with van der Waals surface area (Å²) in [6.07, 6.45) is 0. The van der Waals surface area contributed by atoms with Gasteiger partial charge in [-0.3, -0.25) is 9.59 Å². The van der Waals surface area contributed by atoms with E-state index in [0.29, 0.717) is 6.54 Å². The number of benzene rings is 1. The molecular weight excluding hydrogens is 322 g/mol. The Morgan fingerprint density at radius 3 is 2.50 bits per heavy atom. The number of ketones is 1. The normalized spacial score (nSPS) is 10.3. The van der Waals surface area contributed by atoms with E-state index in [9.17, 15) is 9.59 Å². The van der Waals surface area contributed by atoms with E-state index in [-0.39, 0.29) is 23.2 Å². The van der Waals surface area contributed by atoms with Crippen LogP contribution < -0.4 is 0 Å². The molecule has 0 bridgehead atoms. The number of amides is 1. The molecule has 104 valence electrons. The van der Waals surface area contributed by atoms with Crippen LogP contribution in [-0.2, 0) is 6.54 Å². The lowest BCUT2D eigenvalue weighted by molar-refractivity contribution is 0.0750. The molecule has 0 radical (unpaired) electrons. The largest absolute Gasteiger partial charge is 0.448 e. The number of halogens is 1. The highest BCUT2D eigenvalue weighted by molar-refractivity contribution is 9.10. The van der Waals surface area contributed by atoms with Crippen molar-refractivity contribution in [2.24, 2.45) is 0 Å². The van der Waals surface area contributed by atoms with E-state index in [1.165, 1.54) is 19.1 Å². The summed E-state index contributed by atoms with van der Waals surface area (Å²) in [4.78, 5) is 24.9. The molecule has 0 saturated carbocycles. The number of carbonyl (C=O) groups is 2. The Balaban J connectivity index is 2.10. The molecule has 0 spiro atoms. The molecule has 2 aromatic rings. The predicted octanol–water partition coefficient (Wildman–Crippen LogP) is 3.52. The number of hydrogen-bond acceptors (Lipinski definition) is 3. The molecule has 0 saturated heterocycles. The van der Waals surface area contributed by atoms with Gasteiger partial charge in [0, 0.05) is 25.0 Å². The summed E-state index contributed by atoms with van der Waals surface area (Å²) in [7, 11) is 1.69. The van der Waals surface area contributed by atoms with Gasteiger partial charge < -0.3 is 9.32 Å². The molecule has 0 aliphatic carbocycles. The molecule has 1 aromatic carbocycles. The number of Topliss-reactive ketones (excluding diaryl/α,β-unsaturated/α-hetero) is 1. The van der Waals surface area contributed by atoms with E-state index in [0.717, 1.165) is 10.0 Å². The molecular formula is C15H14BrNO3. The summed E-state index contributed by atoms with van der Waals surface area (Å²) in [6.45, 7) is 1.87. The van der Waals surface area contributed by atoms with Gasteiger partial charge in [0.2, 0.25) is 0 Å². The molecule has 5 heteroatoms. The molecule has 0 N–H and O–H groups in total. The van der Waals surface area contributed by atoms with Crippen LogP contribution in [0.3, 0.4) is 0 Å². The Labute approximate surface area is 125 Å². The summed E-state index contributed by atoms with van der Waals surface area (Å²) in [5, 5.41) is 0. The van der Waals surface area contributed by atoms with Crippen molar-refractivity contribution in [2.45, 2.75) is 13.5 Å². The van der Waals surface area contributed by atoms with Crippen molar-refractivity contribution in [3.05, 3.63) is 58.0 Å². The lowest BCUT2D eigenvalue weighted by atomic mass is 10.2. The van der Waals surface area contributed by atoms with Gasteiger partial charge in [-0.2, -0.15) is 0 Å². The van der Waals surface area contributed by atoms with Gasteiger partial charge in [0.15, 0.2) is 17.3 Å². The van der Waals surface area contributed by atoms with Crippen LogP contribution in [0.5, 0.6) is 0 Å². The van der Waals surface area contributed by atoms with E-state index in [2.05, 4.69) is 15.9 Å². The third-order valence-electron chi connectivity index (χ3n) is 2.82. The highest BCUT2D eigenvalue weighted by Crippen LogP contribution is 2.15. The molecule has 0 aliphatic rings. The zero-order valence-corrected chi connectivity index (χ0v) is 12.8. The molecule has 0 unspecified atom stereocenters. The average Bonchev–Trinajstić information content (AvgIpc) is 2.87. The van der Waals surface area contributed by atoms with Crippen molar-refractivity contribution in [3.63, 3.8) is 0 Å². The van der Waals surface area contributed by atoms with Crippen molar-refractivity contribution in [1.82, 2.24) is 4.90 Å². The molecule has 0 fully saturated rings. The standard InChI is InChI=1S/C15H14BrNO3/c1-10(18)13-6-7-14(20-13)15(19)17(2)9-11-4-3-5-12(16)8-11/h3-8H,9H2,1-2H3. The first kappa shape index (κ1) is 14.5. The van der Waals surface area contributed by atoms with Crippen molar-refractivity contribution < 1.29 is 14.0 Å². The summed E-state index contributed by atoms with van der Waals surface area (Å²) < 4.78 is 6.20. The van der Waals surface area contributed by atoms with Crippen molar-refractivity contribution >= 4 is 27.6 Å². The van der Waals surface area contributed by atoms with Crippen LogP contribution in [0.1, 0.15) is 33.6 Å². The minimum Gasteiger partial charge on any atom is -0.448 e. The third-order valence-corrected chi connectivity index (χ3v) is 3.31. The lowest BCUT2D eigenvalue weighted by Crippen LogP contribution is -2.25. The lowest BCUT2D eigenvalue weighted by Gasteiger charge is -2.15. The van der Waals surface area contributed by atoms with Crippen LogP contribution in [-0.4, -0.2) is 23.6 Å². The van der Waals surface area contributed by atoms with Crippen LogP contribution in [0.2, 0.25) is 0 Å². The summed E-state index contributed by atoms with van der Waals surface area (Å²) in [5.41, 5.74) is 1.01. The quantitative estimate of drug-likeness (QED) is 0.803. The smallest absolute Gasteiger partial charge is 0.289 e. The molecule has 4 nitrogen and oxygen atoms in total. The van der Waals surface area contributed by atoms with Gasteiger partial charge >= 0.3 is 0 Å². The fraction of sp³-hybridized carbons (Fsp3) is 0.200. The van der Waals surface area contributed by atoms with Gasteiger partial charge in [-0.15, -0.1) is 0 Å². The van der Waals surface area contributed by atoms with Crippen LogP contribution in [0.15, 0.2) is 45.3 Å². The summed E-state index contributed by atoms with van der Waals surface area (Å²) in [5.74, 6) is -0.0759. The molecule has 1 heterocycles. The van der Waals surface area contributed by atoms with E-state index >= 15 is 0 Å². The average molecular weight is 336 g/mol. The molecule has 1 aromatic heterocycles. The number of hydrogen-bond donors (Lipinski definition) is 0. The van der Waals surface area contributed by atoms with E-state index in [4.69, 9.17) is 4.42 Å². The van der Waals surface area contributed by atoms with Crippen LogP contribution in [0.25, 0.3) is 0 Å². The van der Waals surface area contributed by atoms with Gasteiger partial charge in [0.25, 0.3) is 5.91 Å². The number of furan rings is 1. The maximum atomic E-state index is 12.2. The fourth-order valence-electron chi connectivity index (χ4n) is 1.81. The number of nitrogens with zero attached hydrogens (tertiary/aromatic N) is 1. The maximum absolute atomic E-state index is 12.2. The monoisotopic (exact) mass is 335 g/mol. The Morgan fingerprint density at radius 2 is 1.90 bits per heavy atom. The SMILES string of the molecule is CC(=O)c1ccc(C(=O)N(C)Cc2cccc(Br)c2)o1. The second-order valence-electron chi connectivity index (χ2n) is 4.51. The zero-order chi connectivity index (χ0) is 14.7. The predicted molar refractivity (Wildman–Crippen MR) is 78.7 cm³/mol. The Bertz CT molecular complexity index is 648. The summed E-state index contributed by atoms with van der Waals surface area (Å²) in [6, 6.07) is 10.8. The number of carbonyl (C=O) groups excluding carboxylic acids is 2. The highest BCUT2D eigenvalue weighted by Gasteiger charge is 2.17. The minimum atomic E-state index is -0.252. The summed E-state index contributed by atoms with van der Waals surface area (Å²) >= 11 is 3.39. The highest BCUT2D eigenvalue weighted by atomic mass is 79.9. The topological polar surface area (TPSA) is 50.5 Å². The molecule has 0 atom stereocenters. The maximum Gasteiger partial charge on any atom is 0.289 e. The van der Waals surface area contributed by atoms with Crippen LogP contribution in [0.4, 0.5) is 0 Å². The van der Waals surface area contributed by atoms with Crippen molar-refractivity contribution in [2.75, 3.05) is 7.05 Å². The van der Waals surface area contributed by atoms with Crippen molar-refractivity contribution in [3.8, 4) is 0 Å². The van der Waals surface area contributed by atoms with Crippen molar-refractivity contribution in [1.29, 1.82) is 0 Å². The molecule has 20 heavy (non-hydrogen) atoms. The van der Waals surface area contributed by atoms with E-state index in [1.54, 1.807) is 11.9 Å². The van der Waals surface area contributed by atoms with Gasteiger partial charge in [0.05, 0.1) is 0 Å². The molecule has 1 amide bonds. The third kappa shape index (κ3) is 3.36. The van der Waals surface area contributed by atoms with Gasteiger partial charge in [0.1, 0.15) is 0 Å². The van der Waals surface area contributed by atoms with Gasteiger partial charge in [-0.05, 0) is 29.8 Å².